The fourth-order valence-electron chi connectivity index (χ4n) is 1.82. The average molecular weight is 246 g/mol. The van der Waals surface area contributed by atoms with E-state index in [1.54, 1.807) is 12.4 Å². The van der Waals surface area contributed by atoms with Crippen LogP contribution in [0.2, 0.25) is 0 Å². The van der Waals surface area contributed by atoms with E-state index >= 15 is 0 Å². The molecule has 0 aliphatic rings. The first-order chi connectivity index (χ1) is 8.61. The number of hydrogen-bond donors (Lipinski definition) is 2. The Balaban J connectivity index is 2.11. The number of nitrogens with one attached hydrogen (secondary N) is 2. The Bertz CT molecular complexity index is 545. The molecule has 2 N–H and O–H groups in total. The highest BCUT2D eigenvalue weighted by molar-refractivity contribution is 5.42. The summed E-state index contributed by atoms with van der Waals surface area (Å²) in [5.41, 5.74) is 3.41. The summed E-state index contributed by atoms with van der Waals surface area (Å²) in [7, 11) is 3.77. The van der Waals surface area contributed by atoms with E-state index in [-0.39, 0.29) is 0 Å². The molecular formula is C12H18N6. The number of anilines is 2. The van der Waals surface area contributed by atoms with Crippen molar-refractivity contribution in [1.29, 1.82) is 0 Å². The Kier molecular flexibility index (Phi) is 3.45. The number of rotatable bonds is 4. The zero-order valence-electron chi connectivity index (χ0n) is 11.2. The zero-order valence-corrected chi connectivity index (χ0v) is 11.2. The minimum atomic E-state index is 0.702. The molecule has 18 heavy (non-hydrogen) atoms. The molecule has 0 atom stereocenters. The molecule has 0 radical (unpaired) electrons. The van der Waals surface area contributed by atoms with Crippen molar-refractivity contribution < 1.29 is 0 Å². The molecule has 0 saturated heterocycles. The molecule has 2 aromatic heterocycles. The lowest BCUT2D eigenvalue weighted by Gasteiger charge is -2.07. The van der Waals surface area contributed by atoms with Crippen molar-refractivity contribution in [2.75, 3.05) is 17.7 Å². The first kappa shape index (κ1) is 12.3. The second-order valence-corrected chi connectivity index (χ2v) is 4.17. The Hall–Kier alpha value is -2.11. The summed E-state index contributed by atoms with van der Waals surface area (Å²) in [6.07, 6.45) is 3.40. The van der Waals surface area contributed by atoms with Crippen LogP contribution in [0.25, 0.3) is 0 Å². The quantitative estimate of drug-likeness (QED) is 0.855. The van der Waals surface area contributed by atoms with Gasteiger partial charge in [-0.2, -0.15) is 5.10 Å². The topological polar surface area (TPSA) is 67.7 Å². The maximum absolute atomic E-state index is 4.38. The smallest absolute Gasteiger partial charge is 0.147 e. The summed E-state index contributed by atoms with van der Waals surface area (Å²) in [5, 5.41) is 10.6. The molecule has 0 spiro atoms. The minimum Gasteiger partial charge on any atom is -0.372 e. The molecule has 0 aromatic carbocycles. The molecule has 0 aliphatic heterocycles. The van der Waals surface area contributed by atoms with Crippen LogP contribution >= 0.6 is 0 Å². The molecule has 0 bridgehead atoms. The highest BCUT2D eigenvalue weighted by Gasteiger charge is 2.09. The third kappa shape index (κ3) is 2.42. The molecule has 2 heterocycles. The van der Waals surface area contributed by atoms with Crippen LogP contribution in [0, 0.1) is 13.8 Å². The summed E-state index contributed by atoms with van der Waals surface area (Å²) >= 11 is 0. The number of aromatic nitrogens is 4. The predicted octanol–water partition coefficient (Wildman–Crippen LogP) is 1.48. The first-order valence-electron chi connectivity index (χ1n) is 5.84. The number of hydrogen-bond acceptors (Lipinski definition) is 5. The van der Waals surface area contributed by atoms with Gasteiger partial charge in [0.15, 0.2) is 0 Å². The fraction of sp³-hybridized carbons (Fsp3) is 0.417. The molecular weight excluding hydrogens is 228 g/mol. The van der Waals surface area contributed by atoms with Crippen molar-refractivity contribution >= 4 is 11.6 Å². The van der Waals surface area contributed by atoms with Gasteiger partial charge in [0.1, 0.15) is 11.6 Å². The molecule has 0 unspecified atom stereocenters. The number of aryl methyl sites for hydroxylation is 2. The third-order valence-electron chi connectivity index (χ3n) is 3.00. The van der Waals surface area contributed by atoms with Crippen molar-refractivity contribution in [3.8, 4) is 0 Å². The van der Waals surface area contributed by atoms with E-state index in [0.717, 1.165) is 23.0 Å². The summed E-state index contributed by atoms with van der Waals surface area (Å²) in [6.45, 7) is 4.78. The molecule has 0 aliphatic carbocycles. The lowest BCUT2D eigenvalue weighted by atomic mass is 10.2. The van der Waals surface area contributed by atoms with Crippen LogP contribution in [0.3, 0.4) is 0 Å². The van der Waals surface area contributed by atoms with Crippen LogP contribution in [0.5, 0.6) is 0 Å². The summed E-state index contributed by atoms with van der Waals surface area (Å²) in [5.74, 6) is 1.50. The largest absolute Gasteiger partial charge is 0.372 e. The average Bonchev–Trinajstić information content (AvgIpc) is 2.61. The predicted molar refractivity (Wildman–Crippen MR) is 71.6 cm³/mol. The van der Waals surface area contributed by atoms with Gasteiger partial charge in [-0.3, -0.25) is 9.67 Å². The van der Waals surface area contributed by atoms with Crippen LogP contribution in [0.4, 0.5) is 11.6 Å². The second kappa shape index (κ2) is 5.03. The van der Waals surface area contributed by atoms with E-state index in [1.807, 2.05) is 25.7 Å². The zero-order chi connectivity index (χ0) is 13.1. The normalized spacial score (nSPS) is 10.4. The molecule has 6 nitrogen and oxygen atoms in total. The van der Waals surface area contributed by atoms with Gasteiger partial charge in [0.2, 0.25) is 0 Å². The maximum Gasteiger partial charge on any atom is 0.147 e. The minimum absolute atomic E-state index is 0.702. The third-order valence-corrected chi connectivity index (χ3v) is 3.00. The van der Waals surface area contributed by atoms with Crippen LogP contribution < -0.4 is 10.6 Å². The molecule has 2 rings (SSSR count). The fourth-order valence-corrected chi connectivity index (χ4v) is 1.82. The molecule has 0 saturated carbocycles. The van der Waals surface area contributed by atoms with Crippen molar-refractivity contribution in [2.24, 2.45) is 7.05 Å². The van der Waals surface area contributed by atoms with Crippen LogP contribution in [-0.4, -0.2) is 26.8 Å². The Morgan fingerprint density at radius 3 is 2.56 bits per heavy atom. The van der Waals surface area contributed by atoms with Gasteiger partial charge in [0.05, 0.1) is 18.1 Å². The van der Waals surface area contributed by atoms with E-state index in [9.17, 15) is 0 Å². The molecule has 0 fully saturated rings. The standard InChI is InChI=1S/C12H18N6/c1-8-10(9(2)18(4)17-8)5-15-12-7-14-6-11(13-3)16-12/h6-7H,5H2,1-4H3,(H2,13,15,16). The summed E-state index contributed by atoms with van der Waals surface area (Å²) < 4.78 is 1.89. The number of nitrogens with zero attached hydrogens (tertiary/aromatic N) is 4. The van der Waals surface area contributed by atoms with Gasteiger partial charge in [0.25, 0.3) is 0 Å². The Labute approximate surface area is 106 Å². The summed E-state index contributed by atoms with van der Waals surface area (Å²) in [6, 6.07) is 0. The molecule has 96 valence electrons. The molecule has 0 amide bonds. The molecule has 2 aromatic rings. The maximum atomic E-state index is 4.38. The lowest BCUT2D eigenvalue weighted by Crippen LogP contribution is -2.05. The van der Waals surface area contributed by atoms with Gasteiger partial charge in [-0.15, -0.1) is 0 Å². The van der Waals surface area contributed by atoms with Crippen molar-refractivity contribution in [3.05, 3.63) is 29.3 Å². The highest BCUT2D eigenvalue weighted by atomic mass is 15.3. The van der Waals surface area contributed by atoms with Gasteiger partial charge in [-0.1, -0.05) is 0 Å². The van der Waals surface area contributed by atoms with E-state index in [1.165, 1.54) is 5.56 Å². The SMILES string of the molecule is CNc1cncc(NCc2c(C)nn(C)c2C)n1. The molecule has 6 heteroatoms. The van der Waals surface area contributed by atoms with Crippen LogP contribution in [0.15, 0.2) is 12.4 Å². The lowest BCUT2D eigenvalue weighted by molar-refractivity contribution is 0.730. The highest BCUT2D eigenvalue weighted by Crippen LogP contribution is 2.14. The van der Waals surface area contributed by atoms with Gasteiger partial charge in [0, 0.05) is 31.9 Å². The van der Waals surface area contributed by atoms with Gasteiger partial charge >= 0.3 is 0 Å². The van der Waals surface area contributed by atoms with Gasteiger partial charge in [-0.05, 0) is 13.8 Å². The van der Waals surface area contributed by atoms with Gasteiger partial charge < -0.3 is 10.6 Å². The second-order valence-electron chi connectivity index (χ2n) is 4.17. The van der Waals surface area contributed by atoms with Gasteiger partial charge in [-0.25, -0.2) is 4.98 Å². The van der Waals surface area contributed by atoms with Crippen molar-refractivity contribution in [1.82, 2.24) is 19.7 Å². The van der Waals surface area contributed by atoms with E-state index < -0.39 is 0 Å². The van der Waals surface area contributed by atoms with E-state index in [4.69, 9.17) is 0 Å². The van der Waals surface area contributed by atoms with Crippen LogP contribution in [0.1, 0.15) is 17.0 Å². The summed E-state index contributed by atoms with van der Waals surface area (Å²) in [4.78, 5) is 8.47. The first-order valence-corrected chi connectivity index (χ1v) is 5.84. The van der Waals surface area contributed by atoms with Crippen LogP contribution in [-0.2, 0) is 13.6 Å². The van der Waals surface area contributed by atoms with Crippen molar-refractivity contribution in [2.45, 2.75) is 20.4 Å². The van der Waals surface area contributed by atoms with E-state index in [0.29, 0.717) is 6.54 Å². The Morgan fingerprint density at radius 2 is 1.94 bits per heavy atom. The monoisotopic (exact) mass is 246 g/mol. The van der Waals surface area contributed by atoms with Crippen molar-refractivity contribution in [3.63, 3.8) is 0 Å². The Morgan fingerprint density at radius 1 is 1.22 bits per heavy atom. The van der Waals surface area contributed by atoms with E-state index in [2.05, 4.69) is 32.6 Å².